The van der Waals surface area contributed by atoms with Crippen LogP contribution in [0.4, 0.5) is 4.79 Å². The molecule has 0 unspecified atom stereocenters. The van der Waals surface area contributed by atoms with Crippen molar-refractivity contribution in [2.24, 2.45) is 0 Å². The molecule has 2 aliphatic rings. The first-order chi connectivity index (χ1) is 12.3. The molecular formula is C21H29NO4. The van der Waals surface area contributed by atoms with E-state index in [0.29, 0.717) is 0 Å². The van der Waals surface area contributed by atoms with E-state index in [2.05, 4.69) is 0 Å². The minimum Gasteiger partial charge on any atom is -0.443 e. The summed E-state index contributed by atoms with van der Waals surface area (Å²) in [7, 11) is 0. The van der Waals surface area contributed by atoms with Crippen molar-refractivity contribution in [3.8, 4) is 0 Å². The molecule has 1 aromatic rings. The van der Waals surface area contributed by atoms with Crippen LogP contribution in [0.3, 0.4) is 0 Å². The Labute approximate surface area is 155 Å². The van der Waals surface area contributed by atoms with Gasteiger partial charge in [-0.05, 0) is 33.6 Å². The molecular weight excluding hydrogens is 330 g/mol. The monoisotopic (exact) mass is 359 g/mol. The highest BCUT2D eigenvalue weighted by atomic mass is 16.6. The first-order valence-corrected chi connectivity index (χ1v) is 9.58. The summed E-state index contributed by atoms with van der Waals surface area (Å²) in [5, 5.41) is 0. The van der Waals surface area contributed by atoms with Crippen LogP contribution in [-0.4, -0.2) is 28.1 Å². The van der Waals surface area contributed by atoms with Crippen molar-refractivity contribution in [1.29, 1.82) is 0 Å². The maximum atomic E-state index is 13.0. The van der Waals surface area contributed by atoms with Crippen LogP contribution in [0.25, 0.3) is 0 Å². The number of benzene rings is 1. The molecule has 142 valence electrons. The van der Waals surface area contributed by atoms with Crippen LogP contribution in [0.5, 0.6) is 0 Å². The number of ether oxygens (including phenoxy) is 2. The van der Waals surface area contributed by atoms with E-state index < -0.39 is 23.5 Å². The Hall–Kier alpha value is -1.88. The number of carbonyl (C=O) groups excluding carboxylic acids is 2. The summed E-state index contributed by atoms with van der Waals surface area (Å²) in [4.78, 5) is 26.9. The average Bonchev–Trinajstić information content (AvgIpc) is 2.78. The standard InChI is InChI=1S/C21H29NO4/c1-20(2,3)26-19(24)22-17(23)15-21(13-9-4-5-10-14-21)25-18(22)16-11-7-6-8-12-16/h6-8,11-12,18H,4-5,9-10,13-15H2,1-3H3/t18-/m1/s1. The predicted octanol–water partition coefficient (Wildman–Crippen LogP) is 4.96. The number of imide groups is 1. The predicted molar refractivity (Wildman–Crippen MR) is 98.4 cm³/mol. The molecule has 2 amide bonds. The maximum Gasteiger partial charge on any atom is 0.419 e. The summed E-state index contributed by atoms with van der Waals surface area (Å²) in [6.07, 6.45) is 5.06. The molecule has 1 heterocycles. The van der Waals surface area contributed by atoms with E-state index in [9.17, 15) is 9.59 Å². The highest BCUT2D eigenvalue weighted by Crippen LogP contribution is 2.43. The molecule has 3 rings (SSSR count). The number of amides is 2. The summed E-state index contributed by atoms with van der Waals surface area (Å²) in [5.41, 5.74) is -0.335. The largest absolute Gasteiger partial charge is 0.443 e. The molecule has 1 atom stereocenters. The SMILES string of the molecule is CC(C)(C)OC(=O)N1C(=O)CC2(CCCCCC2)O[C@@H]1c1ccccc1. The highest BCUT2D eigenvalue weighted by molar-refractivity contribution is 5.93. The van der Waals surface area contributed by atoms with Gasteiger partial charge in [0, 0.05) is 5.56 Å². The Morgan fingerprint density at radius 2 is 1.73 bits per heavy atom. The molecule has 1 spiro atoms. The Bertz CT molecular complexity index is 642. The summed E-state index contributed by atoms with van der Waals surface area (Å²) < 4.78 is 12.0. The Balaban J connectivity index is 1.93. The zero-order valence-corrected chi connectivity index (χ0v) is 16.0. The van der Waals surface area contributed by atoms with Gasteiger partial charge in [-0.15, -0.1) is 0 Å². The third-order valence-electron chi connectivity index (χ3n) is 5.03. The Morgan fingerprint density at radius 1 is 1.12 bits per heavy atom. The molecule has 5 nitrogen and oxygen atoms in total. The van der Waals surface area contributed by atoms with E-state index >= 15 is 0 Å². The van der Waals surface area contributed by atoms with Crippen molar-refractivity contribution in [3.05, 3.63) is 35.9 Å². The maximum absolute atomic E-state index is 13.0. The summed E-state index contributed by atoms with van der Waals surface area (Å²) in [6.45, 7) is 5.39. The van der Waals surface area contributed by atoms with Gasteiger partial charge in [-0.3, -0.25) is 4.79 Å². The molecule has 0 bridgehead atoms. The van der Waals surface area contributed by atoms with Crippen LogP contribution >= 0.6 is 0 Å². The van der Waals surface area contributed by atoms with Crippen LogP contribution in [0.2, 0.25) is 0 Å². The third kappa shape index (κ3) is 4.26. The van der Waals surface area contributed by atoms with Crippen LogP contribution < -0.4 is 0 Å². The second kappa shape index (κ2) is 7.39. The topological polar surface area (TPSA) is 55.8 Å². The van der Waals surface area contributed by atoms with Crippen molar-refractivity contribution in [3.63, 3.8) is 0 Å². The average molecular weight is 359 g/mol. The number of carbonyl (C=O) groups is 2. The minimum absolute atomic E-state index is 0.207. The van der Waals surface area contributed by atoms with E-state index in [1.165, 1.54) is 12.8 Å². The molecule has 5 heteroatoms. The highest BCUT2D eigenvalue weighted by Gasteiger charge is 2.48. The number of hydrogen-bond donors (Lipinski definition) is 0. The van der Waals surface area contributed by atoms with Gasteiger partial charge in [0.1, 0.15) is 5.60 Å². The normalized spacial score (nSPS) is 23.6. The van der Waals surface area contributed by atoms with Gasteiger partial charge >= 0.3 is 6.09 Å². The molecule has 1 aliphatic heterocycles. The van der Waals surface area contributed by atoms with Gasteiger partial charge in [0.15, 0.2) is 6.23 Å². The van der Waals surface area contributed by atoms with Crippen LogP contribution in [0, 0.1) is 0 Å². The van der Waals surface area contributed by atoms with E-state index in [0.717, 1.165) is 36.1 Å². The fourth-order valence-corrected chi connectivity index (χ4v) is 3.83. The first-order valence-electron chi connectivity index (χ1n) is 9.58. The van der Waals surface area contributed by atoms with Gasteiger partial charge in [0.2, 0.25) is 5.91 Å². The van der Waals surface area contributed by atoms with Crippen molar-refractivity contribution < 1.29 is 19.1 Å². The molecule has 1 aromatic carbocycles. The van der Waals surface area contributed by atoms with Crippen molar-refractivity contribution in [1.82, 2.24) is 4.90 Å². The van der Waals surface area contributed by atoms with Gasteiger partial charge in [-0.25, -0.2) is 9.69 Å². The molecule has 0 aromatic heterocycles. The van der Waals surface area contributed by atoms with Gasteiger partial charge < -0.3 is 9.47 Å². The lowest BCUT2D eigenvalue weighted by molar-refractivity contribution is -0.204. The zero-order chi connectivity index (χ0) is 18.8. The molecule has 1 aliphatic carbocycles. The van der Waals surface area contributed by atoms with Gasteiger partial charge in [-0.2, -0.15) is 0 Å². The summed E-state index contributed by atoms with van der Waals surface area (Å²) in [6, 6.07) is 9.49. The Morgan fingerprint density at radius 3 is 2.31 bits per heavy atom. The van der Waals surface area contributed by atoms with E-state index in [-0.39, 0.29) is 12.3 Å². The van der Waals surface area contributed by atoms with E-state index in [1.807, 2.05) is 30.3 Å². The van der Waals surface area contributed by atoms with Gasteiger partial charge in [0.05, 0.1) is 12.0 Å². The first kappa shape index (κ1) is 18.9. The fraction of sp³-hybridized carbons (Fsp3) is 0.619. The van der Waals surface area contributed by atoms with Gasteiger partial charge in [0.25, 0.3) is 0 Å². The molecule has 0 N–H and O–H groups in total. The lowest BCUT2D eigenvalue weighted by Gasteiger charge is -2.45. The van der Waals surface area contributed by atoms with Crippen LogP contribution in [0.1, 0.15) is 77.5 Å². The minimum atomic E-state index is -0.731. The summed E-state index contributed by atoms with van der Waals surface area (Å²) >= 11 is 0. The molecule has 26 heavy (non-hydrogen) atoms. The van der Waals surface area contributed by atoms with E-state index in [1.54, 1.807) is 20.8 Å². The number of nitrogens with zero attached hydrogens (tertiary/aromatic N) is 1. The van der Waals surface area contributed by atoms with Crippen LogP contribution in [0.15, 0.2) is 30.3 Å². The molecule has 0 radical (unpaired) electrons. The molecule has 2 fully saturated rings. The third-order valence-corrected chi connectivity index (χ3v) is 5.03. The second-order valence-electron chi connectivity index (χ2n) is 8.40. The van der Waals surface area contributed by atoms with Crippen molar-refractivity contribution in [2.75, 3.05) is 0 Å². The number of hydrogen-bond acceptors (Lipinski definition) is 4. The summed E-state index contributed by atoms with van der Waals surface area (Å²) in [5.74, 6) is -0.207. The smallest absolute Gasteiger partial charge is 0.419 e. The van der Waals surface area contributed by atoms with Crippen molar-refractivity contribution >= 4 is 12.0 Å². The Kier molecular flexibility index (Phi) is 5.37. The second-order valence-corrected chi connectivity index (χ2v) is 8.40. The van der Waals surface area contributed by atoms with Gasteiger partial charge in [-0.1, -0.05) is 56.0 Å². The fourth-order valence-electron chi connectivity index (χ4n) is 3.83. The van der Waals surface area contributed by atoms with Crippen LogP contribution in [-0.2, 0) is 14.3 Å². The van der Waals surface area contributed by atoms with E-state index in [4.69, 9.17) is 9.47 Å². The van der Waals surface area contributed by atoms with Crippen molar-refractivity contribution in [2.45, 2.75) is 83.1 Å². The molecule has 1 saturated heterocycles. The quantitative estimate of drug-likeness (QED) is 0.711. The zero-order valence-electron chi connectivity index (χ0n) is 16.0. The lowest BCUT2D eigenvalue weighted by atomic mass is 9.88. The number of rotatable bonds is 1. The lowest BCUT2D eigenvalue weighted by Crippen LogP contribution is -2.54. The molecule has 1 saturated carbocycles.